The largest absolute Gasteiger partial charge is 0.444 e. The Labute approximate surface area is 112 Å². The zero-order valence-electron chi connectivity index (χ0n) is 11.8. The fourth-order valence-corrected chi connectivity index (χ4v) is 2.98. The third kappa shape index (κ3) is 2.33. The van der Waals surface area contributed by atoms with Crippen molar-refractivity contribution in [2.45, 2.75) is 39.2 Å². The molecule has 5 heteroatoms. The van der Waals surface area contributed by atoms with Gasteiger partial charge in [0.25, 0.3) is 0 Å². The molecule has 1 aromatic rings. The van der Waals surface area contributed by atoms with Gasteiger partial charge in [0.15, 0.2) is 0 Å². The first-order valence-corrected chi connectivity index (χ1v) is 6.76. The Bertz CT molecular complexity index is 491. The molecule has 2 fully saturated rings. The summed E-state index contributed by atoms with van der Waals surface area (Å²) in [5.41, 5.74) is 0.614. The third-order valence-electron chi connectivity index (χ3n) is 3.83. The summed E-state index contributed by atoms with van der Waals surface area (Å²) < 4.78 is 10.5. The molecule has 2 atom stereocenters. The first-order valence-electron chi connectivity index (χ1n) is 6.76. The Morgan fingerprint density at radius 1 is 1.42 bits per heavy atom. The predicted octanol–water partition coefficient (Wildman–Crippen LogP) is 2.56. The van der Waals surface area contributed by atoms with Crippen molar-refractivity contribution in [2.24, 2.45) is 11.8 Å². The van der Waals surface area contributed by atoms with Crippen molar-refractivity contribution in [1.82, 2.24) is 10.1 Å². The molecule has 2 aliphatic rings. The van der Waals surface area contributed by atoms with E-state index in [2.05, 4.69) is 5.16 Å². The number of ether oxygens (including phenoxy) is 1. The maximum Gasteiger partial charge on any atom is 0.410 e. The summed E-state index contributed by atoms with van der Waals surface area (Å²) in [6.45, 7) is 9.13. The molecule has 1 aliphatic carbocycles. The maximum atomic E-state index is 11.9. The molecule has 0 N–H and O–H groups in total. The first kappa shape index (κ1) is 12.5. The zero-order valence-corrected chi connectivity index (χ0v) is 11.8. The summed E-state index contributed by atoms with van der Waals surface area (Å²) in [7, 11) is 0. The van der Waals surface area contributed by atoms with Gasteiger partial charge in [0.05, 0.1) is 5.69 Å². The average Bonchev–Trinajstić information content (AvgIpc) is 2.67. The number of hydrogen-bond acceptors (Lipinski definition) is 4. The number of carbonyl (C=O) groups excluding carboxylic acids is 1. The molecule has 2 heterocycles. The van der Waals surface area contributed by atoms with Gasteiger partial charge < -0.3 is 14.2 Å². The average molecular weight is 264 g/mol. The first-order chi connectivity index (χ1) is 8.85. The number of piperidine rings is 1. The summed E-state index contributed by atoms with van der Waals surface area (Å²) in [6.07, 6.45) is -0.199. The summed E-state index contributed by atoms with van der Waals surface area (Å²) in [5.74, 6) is 2.37. The molecule has 1 aromatic heterocycles. The van der Waals surface area contributed by atoms with Crippen LogP contribution in [-0.2, 0) is 4.74 Å². The van der Waals surface area contributed by atoms with Crippen LogP contribution in [0.2, 0.25) is 0 Å². The summed E-state index contributed by atoms with van der Waals surface area (Å²) >= 11 is 0. The zero-order chi connectivity index (χ0) is 13.8. The minimum absolute atomic E-state index is 0.199. The number of amides is 1. The van der Waals surface area contributed by atoms with E-state index in [1.807, 2.05) is 38.7 Å². The van der Waals surface area contributed by atoms with Crippen molar-refractivity contribution >= 4 is 6.09 Å². The molecule has 0 spiro atoms. The summed E-state index contributed by atoms with van der Waals surface area (Å²) in [6, 6.07) is 2.00. The van der Waals surface area contributed by atoms with E-state index >= 15 is 0 Å². The second-order valence-corrected chi connectivity index (χ2v) is 6.60. The monoisotopic (exact) mass is 264 g/mol. The molecular weight excluding hydrogens is 244 g/mol. The molecule has 0 aromatic carbocycles. The Morgan fingerprint density at radius 2 is 2.05 bits per heavy atom. The van der Waals surface area contributed by atoms with E-state index in [1.165, 1.54) is 0 Å². The minimum Gasteiger partial charge on any atom is -0.444 e. The van der Waals surface area contributed by atoms with Crippen LogP contribution in [0.5, 0.6) is 0 Å². The van der Waals surface area contributed by atoms with E-state index in [-0.39, 0.29) is 6.09 Å². The van der Waals surface area contributed by atoms with Gasteiger partial charge in [-0.2, -0.15) is 0 Å². The second-order valence-electron chi connectivity index (χ2n) is 6.60. The van der Waals surface area contributed by atoms with Gasteiger partial charge >= 0.3 is 6.09 Å². The summed E-state index contributed by atoms with van der Waals surface area (Å²) in [4.78, 5) is 13.8. The molecular formula is C14H20N2O3. The highest BCUT2D eigenvalue weighted by Crippen LogP contribution is 2.57. The van der Waals surface area contributed by atoms with Crippen LogP contribution in [0.3, 0.4) is 0 Å². The van der Waals surface area contributed by atoms with E-state index in [4.69, 9.17) is 9.26 Å². The van der Waals surface area contributed by atoms with Gasteiger partial charge in [-0.05, 0) is 39.5 Å². The fourth-order valence-electron chi connectivity index (χ4n) is 2.98. The van der Waals surface area contributed by atoms with Crippen molar-refractivity contribution < 1.29 is 14.1 Å². The van der Waals surface area contributed by atoms with Gasteiger partial charge in [0.1, 0.15) is 11.4 Å². The lowest BCUT2D eigenvalue weighted by Gasteiger charge is -2.25. The van der Waals surface area contributed by atoms with E-state index in [9.17, 15) is 4.79 Å². The van der Waals surface area contributed by atoms with Crippen LogP contribution in [-0.4, -0.2) is 34.8 Å². The maximum absolute atomic E-state index is 11.9. The van der Waals surface area contributed by atoms with Gasteiger partial charge in [-0.25, -0.2) is 4.79 Å². The molecule has 0 bridgehead atoms. The van der Waals surface area contributed by atoms with Crippen LogP contribution in [0, 0.1) is 18.8 Å². The SMILES string of the molecule is Cc1cc(C2C3CN(C(=O)OC(C)(C)C)CC32)no1. The summed E-state index contributed by atoms with van der Waals surface area (Å²) in [5, 5.41) is 4.08. The fraction of sp³-hybridized carbons (Fsp3) is 0.714. The topological polar surface area (TPSA) is 55.6 Å². The molecule has 2 unspecified atom stereocenters. The Hall–Kier alpha value is -1.52. The molecule has 5 nitrogen and oxygen atoms in total. The lowest BCUT2D eigenvalue weighted by Crippen LogP contribution is -2.36. The molecule has 1 aliphatic heterocycles. The Balaban J connectivity index is 1.57. The number of fused-ring (bicyclic) bond motifs is 1. The van der Waals surface area contributed by atoms with Crippen LogP contribution in [0.25, 0.3) is 0 Å². The van der Waals surface area contributed by atoms with Crippen molar-refractivity contribution in [2.75, 3.05) is 13.1 Å². The van der Waals surface area contributed by atoms with Crippen molar-refractivity contribution in [3.8, 4) is 0 Å². The quantitative estimate of drug-likeness (QED) is 0.782. The number of aryl methyl sites for hydroxylation is 1. The standard InChI is InChI=1S/C14H20N2O3/c1-8-5-11(15-19-8)12-9-6-16(7-10(9)12)13(17)18-14(2,3)4/h5,9-10,12H,6-7H2,1-4H3. The molecule has 1 saturated heterocycles. The van der Waals surface area contributed by atoms with Crippen LogP contribution < -0.4 is 0 Å². The van der Waals surface area contributed by atoms with Gasteiger partial charge in [-0.3, -0.25) is 0 Å². The number of aromatic nitrogens is 1. The number of likely N-dealkylation sites (tertiary alicyclic amines) is 1. The lowest BCUT2D eigenvalue weighted by atomic mass is 10.2. The number of rotatable bonds is 1. The van der Waals surface area contributed by atoms with Crippen molar-refractivity contribution in [3.05, 3.63) is 17.5 Å². The minimum atomic E-state index is -0.424. The van der Waals surface area contributed by atoms with E-state index in [0.29, 0.717) is 17.8 Å². The molecule has 1 amide bonds. The van der Waals surface area contributed by atoms with Crippen molar-refractivity contribution in [1.29, 1.82) is 0 Å². The third-order valence-corrected chi connectivity index (χ3v) is 3.83. The number of carbonyl (C=O) groups is 1. The molecule has 0 radical (unpaired) electrons. The van der Waals surface area contributed by atoms with Gasteiger partial charge in [-0.15, -0.1) is 0 Å². The lowest BCUT2D eigenvalue weighted by molar-refractivity contribution is 0.0270. The van der Waals surface area contributed by atoms with Crippen LogP contribution in [0.1, 0.15) is 38.1 Å². The van der Waals surface area contributed by atoms with Crippen molar-refractivity contribution in [3.63, 3.8) is 0 Å². The molecule has 104 valence electrons. The normalized spacial score (nSPS) is 29.3. The van der Waals surface area contributed by atoms with Crippen LogP contribution >= 0.6 is 0 Å². The highest BCUT2D eigenvalue weighted by molar-refractivity contribution is 5.69. The van der Waals surface area contributed by atoms with Gasteiger partial charge in [0, 0.05) is 25.1 Å². The van der Waals surface area contributed by atoms with E-state index in [0.717, 1.165) is 24.5 Å². The molecule has 1 saturated carbocycles. The highest BCUT2D eigenvalue weighted by atomic mass is 16.6. The highest BCUT2D eigenvalue weighted by Gasteiger charge is 2.58. The van der Waals surface area contributed by atoms with Gasteiger partial charge in [-0.1, -0.05) is 5.16 Å². The smallest absolute Gasteiger partial charge is 0.410 e. The number of hydrogen-bond donors (Lipinski definition) is 0. The predicted molar refractivity (Wildman–Crippen MR) is 68.8 cm³/mol. The van der Waals surface area contributed by atoms with Crippen LogP contribution in [0.4, 0.5) is 4.79 Å². The van der Waals surface area contributed by atoms with E-state index < -0.39 is 5.60 Å². The van der Waals surface area contributed by atoms with Crippen LogP contribution in [0.15, 0.2) is 10.6 Å². The van der Waals surface area contributed by atoms with E-state index in [1.54, 1.807) is 0 Å². The number of nitrogens with zero attached hydrogens (tertiary/aromatic N) is 2. The molecule has 3 rings (SSSR count). The second kappa shape index (κ2) is 3.99. The van der Waals surface area contributed by atoms with Gasteiger partial charge in [0.2, 0.25) is 0 Å². The Kier molecular flexibility index (Phi) is 2.62. The molecule has 19 heavy (non-hydrogen) atoms. The Morgan fingerprint density at radius 3 is 2.53 bits per heavy atom.